The van der Waals surface area contributed by atoms with Crippen LogP contribution >= 0.6 is 11.5 Å². The smallest absolute Gasteiger partial charge is 0.412 e. The number of hydrogen-bond donors (Lipinski definition) is 2. The minimum Gasteiger partial charge on any atom is -0.450 e. The first-order valence-electron chi connectivity index (χ1n) is 7.43. The van der Waals surface area contributed by atoms with E-state index in [-0.39, 0.29) is 12.2 Å². The number of hydrazone groups is 1. The number of nitrogens with one attached hydrogen (secondary N) is 2. The first-order valence-corrected chi connectivity index (χ1v) is 8.21. The second-order valence-corrected chi connectivity index (χ2v) is 5.71. The molecule has 132 valence electrons. The predicted octanol–water partition coefficient (Wildman–Crippen LogP) is 3.31. The molecule has 0 unspecified atom stereocenters. The minimum atomic E-state index is -0.668. The Bertz CT molecular complexity index is 819. The van der Waals surface area contributed by atoms with E-state index in [9.17, 15) is 14.0 Å². The average molecular weight is 364 g/mol. The minimum absolute atomic E-state index is 0.107. The molecule has 0 aliphatic heterocycles. The van der Waals surface area contributed by atoms with E-state index in [1.54, 1.807) is 26.8 Å². The molecule has 0 bridgehead atoms. The van der Waals surface area contributed by atoms with Crippen LogP contribution < -0.4 is 10.7 Å². The van der Waals surface area contributed by atoms with Crippen molar-refractivity contribution in [3.8, 4) is 0 Å². The molecule has 0 spiro atoms. The monoisotopic (exact) mass is 364 g/mol. The molecule has 2 aromatic rings. The van der Waals surface area contributed by atoms with Crippen molar-refractivity contribution in [2.24, 2.45) is 5.10 Å². The Morgan fingerprint density at radius 1 is 1.36 bits per heavy atom. The lowest BCUT2D eigenvalue weighted by Gasteiger charge is -2.07. The topological polar surface area (TPSA) is 92.7 Å². The fourth-order valence-electron chi connectivity index (χ4n) is 2.04. The summed E-state index contributed by atoms with van der Waals surface area (Å²) in [5, 5.41) is 7.02. The number of ether oxygens (including phenoxy) is 1. The third-order valence-electron chi connectivity index (χ3n) is 3.16. The lowest BCUT2D eigenvalue weighted by atomic mass is 10.1. The maximum atomic E-state index is 13.6. The number of anilines is 1. The van der Waals surface area contributed by atoms with Crippen molar-refractivity contribution in [1.82, 2.24) is 9.80 Å². The summed E-state index contributed by atoms with van der Waals surface area (Å²) in [6, 6.07) is 5.61. The van der Waals surface area contributed by atoms with Crippen molar-refractivity contribution in [2.45, 2.75) is 20.8 Å². The molecular weight excluding hydrogens is 347 g/mol. The number of benzene rings is 1. The highest BCUT2D eigenvalue weighted by Gasteiger charge is 2.17. The molecule has 0 fully saturated rings. The van der Waals surface area contributed by atoms with Crippen LogP contribution in [0.2, 0.25) is 0 Å². The number of nitrogens with zero attached hydrogens (tertiary/aromatic N) is 2. The lowest BCUT2D eigenvalue weighted by molar-refractivity contribution is 0.0950. The molecule has 7 nitrogen and oxygen atoms in total. The van der Waals surface area contributed by atoms with Gasteiger partial charge in [-0.05, 0) is 44.4 Å². The SMILES string of the molecule is CCOC(=O)Nc1snc(C)c1/C(C)=N/NC(=O)c1ccccc1F. The first-order chi connectivity index (χ1) is 11.9. The van der Waals surface area contributed by atoms with Gasteiger partial charge in [0.1, 0.15) is 10.8 Å². The molecule has 0 radical (unpaired) electrons. The van der Waals surface area contributed by atoms with E-state index in [4.69, 9.17) is 4.74 Å². The molecule has 2 N–H and O–H groups in total. The largest absolute Gasteiger partial charge is 0.450 e. The van der Waals surface area contributed by atoms with Gasteiger partial charge < -0.3 is 4.74 Å². The highest BCUT2D eigenvalue weighted by molar-refractivity contribution is 7.11. The molecule has 0 aliphatic carbocycles. The van der Waals surface area contributed by atoms with Crippen LogP contribution in [0.3, 0.4) is 0 Å². The molecule has 1 aromatic carbocycles. The van der Waals surface area contributed by atoms with Crippen LogP contribution in [-0.2, 0) is 4.74 Å². The number of aromatic nitrogens is 1. The molecule has 1 aromatic heterocycles. The molecule has 0 atom stereocenters. The summed E-state index contributed by atoms with van der Waals surface area (Å²) >= 11 is 1.08. The van der Waals surface area contributed by atoms with Gasteiger partial charge in [-0.2, -0.15) is 9.47 Å². The Hall–Kier alpha value is -2.81. The third-order valence-corrected chi connectivity index (χ3v) is 4.01. The molecule has 9 heteroatoms. The fourth-order valence-corrected chi connectivity index (χ4v) is 2.87. The van der Waals surface area contributed by atoms with Crippen molar-refractivity contribution in [1.29, 1.82) is 0 Å². The van der Waals surface area contributed by atoms with E-state index >= 15 is 0 Å². The van der Waals surface area contributed by atoms with E-state index in [2.05, 4.69) is 20.2 Å². The average Bonchev–Trinajstić information content (AvgIpc) is 2.93. The van der Waals surface area contributed by atoms with Crippen LogP contribution in [0.15, 0.2) is 29.4 Å². The van der Waals surface area contributed by atoms with Gasteiger partial charge in [-0.1, -0.05) is 12.1 Å². The molecular formula is C16H17FN4O3S. The normalized spacial score (nSPS) is 11.1. The van der Waals surface area contributed by atoms with Crippen molar-refractivity contribution in [2.75, 3.05) is 11.9 Å². The van der Waals surface area contributed by atoms with Gasteiger partial charge in [0.05, 0.1) is 29.1 Å². The standard InChI is InChI=1S/C16H17FN4O3S/c1-4-24-16(23)18-15-13(10(3)21-25-15)9(2)19-20-14(22)11-7-5-6-8-12(11)17/h5-8H,4H2,1-3H3,(H,18,23)(H,20,22)/b19-9+. The summed E-state index contributed by atoms with van der Waals surface area (Å²) in [5.74, 6) is -1.30. The second kappa shape index (κ2) is 8.34. The van der Waals surface area contributed by atoms with Crippen LogP contribution in [-0.4, -0.2) is 28.7 Å². The number of carbonyl (C=O) groups excluding carboxylic acids is 2. The van der Waals surface area contributed by atoms with Gasteiger partial charge >= 0.3 is 6.09 Å². The number of rotatable bonds is 5. The molecule has 1 heterocycles. The number of hydrogen-bond acceptors (Lipinski definition) is 6. The molecule has 0 saturated carbocycles. The highest BCUT2D eigenvalue weighted by atomic mass is 32.1. The summed E-state index contributed by atoms with van der Waals surface area (Å²) in [7, 11) is 0. The Labute approximate surface area is 148 Å². The van der Waals surface area contributed by atoms with E-state index in [0.717, 1.165) is 11.5 Å². The van der Waals surface area contributed by atoms with Gasteiger partial charge in [0, 0.05) is 0 Å². The maximum absolute atomic E-state index is 13.6. The highest BCUT2D eigenvalue weighted by Crippen LogP contribution is 2.25. The van der Waals surface area contributed by atoms with Crippen LogP contribution in [0.4, 0.5) is 14.2 Å². The van der Waals surface area contributed by atoms with Crippen molar-refractivity contribution < 1.29 is 18.7 Å². The zero-order valence-electron chi connectivity index (χ0n) is 13.9. The van der Waals surface area contributed by atoms with Crippen molar-refractivity contribution >= 4 is 34.2 Å². The van der Waals surface area contributed by atoms with Crippen molar-refractivity contribution in [3.05, 3.63) is 46.9 Å². The van der Waals surface area contributed by atoms with Gasteiger partial charge in [0.25, 0.3) is 5.91 Å². The second-order valence-electron chi connectivity index (χ2n) is 4.94. The molecule has 0 saturated heterocycles. The number of carbonyl (C=O) groups is 2. The van der Waals surface area contributed by atoms with E-state index < -0.39 is 17.8 Å². The zero-order valence-corrected chi connectivity index (χ0v) is 14.7. The number of aryl methyl sites for hydroxylation is 1. The predicted molar refractivity (Wildman–Crippen MR) is 93.6 cm³/mol. The Morgan fingerprint density at radius 3 is 2.76 bits per heavy atom. The fraction of sp³-hybridized carbons (Fsp3) is 0.250. The summed E-state index contributed by atoms with van der Waals surface area (Å²) < 4.78 is 22.6. The van der Waals surface area contributed by atoms with Gasteiger partial charge in [-0.3, -0.25) is 10.1 Å². The van der Waals surface area contributed by atoms with Gasteiger partial charge in [-0.15, -0.1) is 0 Å². The van der Waals surface area contributed by atoms with Crippen LogP contribution in [0.25, 0.3) is 0 Å². The molecule has 25 heavy (non-hydrogen) atoms. The quantitative estimate of drug-likeness (QED) is 0.629. The lowest BCUT2D eigenvalue weighted by Crippen LogP contribution is -2.21. The van der Waals surface area contributed by atoms with E-state index in [1.165, 1.54) is 18.2 Å². The van der Waals surface area contributed by atoms with E-state index in [0.29, 0.717) is 22.0 Å². The Kier molecular flexibility index (Phi) is 6.18. The molecule has 2 amide bonds. The van der Waals surface area contributed by atoms with Crippen LogP contribution in [0.5, 0.6) is 0 Å². The zero-order chi connectivity index (χ0) is 18.4. The number of halogens is 1. The molecule has 0 aliphatic rings. The Balaban J connectivity index is 2.17. The van der Waals surface area contributed by atoms with E-state index in [1.807, 2.05) is 0 Å². The Morgan fingerprint density at radius 2 is 2.08 bits per heavy atom. The van der Waals surface area contributed by atoms with Crippen LogP contribution in [0.1, 0.15) is 35.5 Å². The van der Waals surface area contributed by atoms with Gasteiger partial charge in [0.15, 0.2) is 0 Å². The summed E-state index contributed by atoms with van der Waals surface area (Å²) in [5.41, 5.74) is 3.83. The first kappa shape index (κ1) is 18.5. The summed E-state index contributed by atoms with van der Waals surface area (Å²) in [6.07, 6.45) is -0.601. The van der Waals surface area contributed by atoms with Crippen LogP contribution in [0, 0.1) is 12.7 Å². The molecule has 2 rings (SSSR count). The number of amides is 2. The summed E-state index contributed by atoms with van der Waals surface area (Å²) in [4.78, 5) is 23.6. The summed E-state index contributed by atoms with van der Waals surface area (Å²) in [6.45, 7) is 5.34. The third kappa shape index (κ3) is 4.60. The van der Waals surface area contributed by atoms with Gasteiger partial charge in [0.2, 0.25) is 0 Å². The maximum Gasteiger partial charge on any atom is 0.412 e. The van der Waals surface area contributed by atoms with Crippen molar-refractivity contribution in [3.63, 3.8) is 0 Å². The van der Waals surface area contributed by atoms with Gasteiger partial charge in [-0.25, -0.2) is 14.6 Å².